The summed E-state index contributed by atoms with van der Waals surface area (Å²) < 4.78 is 32.9. The van der Waals surface area contributed by atoms with Crippen LogP contribution in [-0.2, 0) is 11.2 Å². The van der Waals surface area contributed by atoms with Gasteiger partial charge in [0.15, 0.2) is 0 Å². The van der Waals surface area contributed by atoms with Crippen LogP contribution in [0.3, 0.4) is 0 Å². The number of hydrogen-bond acceptors (Lipinski definition) is 5. The number of hydrogen-bond donors (Lipinski definition) is 3. The van der Waals surface area contributed by atoms with Gasteiger partial charge in [-0.25, -0.2) is 23.7 Å². The van der Waals surface area contributed by atoms with Crippen molar-refractivity contribution in [3.05, 3.63) is 87.8 Å². The molecular formula is C24H17F2N5O3. The van der Waals surface area contributed by atoms with Crippen LogP contribution in [0.15, 0.2) is 59.4 Å². The first-order valence-electron chi connectivity index (χ1n) is 10.2. The normalized spacial score (nSPS) is 11.1. The Labute approximate surface area is 190 Å². The zero-order valence-corrected chi connectivity index (χ0v) is 17.8. The maximum Gasteiger partial charge on any atom is 0.413 e. The van der Waals surface area contributed by atoms with Gasteiger partial charge in [-0.3, -0.25) is 10.1 Å². The number of nitrogens with zero attached hydrogens (tertiary/aromatic N) is 2. The minimum absolute atomic E-state index is 0.202. The van der Waals surface area contributed by atoms with Gasteiger partial charge >= 0.3 is 6.09 Å². The fraction of sp³-hybridized carbons (Fsp3) is 0.0833. The highest BCUT2D eigenvalue weighted by Gasteiger charge is 2.13. The zero-order chi connectivity index (χ0) is 23.8. The van der Waals surface area contributed by atoms with E-state index in [0.29, 0.717) is 39.7 Å². The fourth-order valence-corrected chi connectivity index (χ4v) is 3.81. The number of anilines is 1. The number of nitrogens with one attached hydrogen (secondary N) is 3. The van der Waals surface area contributed by atoms with E-state index < -0.39 is 23.3 Å². The van der Waals surface area contributed by atoms with Crippen molar-refractivity contribution in [3.63, 3.8) is 0 Å². The Morgan fingerprint density at radius 2 is 1.91 bits per heavy atom. The Bertz CT molecular complexity index is 1630. The third-order valence-electron chi connectivity index (χ3n) is 5.43. The molecule has 0 unspecified atom stereocenters. The fourth-order valence-electron chi connectivity index (χ4n) is 3.81. The number of rotatable bonds is 4. The summed E-state index contributed by atoms with van der Waals surface area (Å²) in [4.78, 5) is 30.6. The van der Waals surface area contributed by atoms with E-state index in [4.69, 9.17) is 0 Å². The number of carbonyl (C=O) groups excluding carboxylic acids is 1. The second kappa shape index (κ2) is 8.39. The van der Waals surface area contributed by atoms with Gasteiger partial charge in [-0.1, -0.05) is 12.1 Å². The molecule has 5 rings (SSSR count). The lowest BCUT2D eigenvalue weighted by Gasteiger charge is -2.09. The van der Waals surface area contributed by atoms with Crippen LogP contribution in [0.5, 0.6) is 0 Å². The van der Waals surface area contributed by atoms with Crippen LogP contribution in [0.2, 0.25) is 0 Å². The Morgan fingerprint density at radius 3 is 2.74 bits per heavy atom. The molecule has 10 heteroatoms. The van der Waals surface area contributed by atoms with E-state index in [9.17, 15) is 18.4 Å². The van der Waals surface area contributed by atoms with Crippen LogP contribution in [0, 0.1) is 11.6 Å². The molecule has 170 valence electrons. The summed E-state index contributed by atoms with van der Waals surface area (Å²) in [6, 6.07) is 13.8. The lowest BCUT2D eigenvalue weighted by atomic mass is 9.98. The molecule has 2 heterocycles. The number of imidazole rings is 1. The average Bonchev–Trinajstić information content (AvgIpc) is 3.23. The molecule has 3 aromatic carbocycles. The first-order chi connectivity index (χ1) is 16.4. The minimum atomic E-state index is -0.663. The van der Waals surface area contributed by atoms with Crippen LogP contribution < -0.4 is 10.9 Å². The molecule has 0 aliphatic rings. The smallest absolute Gasteiger partial charge is 0.413 e. The van der Waals surface area contributed by atoms with E-state index >= 15 is 0 Å². The van der Waals surface area contributed by atoms with Gasteiger partial charge in [0.2, 0.25) is 5.95 Å². The molecule has 0 bridgehead atoms. The quantitative estimate of drug-likeness (QED) is 0.364. The third kappa shape index (κ3) is 3.96. The van der Waals surface area contributed by atoms with E-state index in [1.165, 1.54) is 31.4 Å². The second-order valence-corrected chi connectivity index (χ2v) is 7.61. The molecule has 2 aromatic heterocycles. The summed E-state index contributed by atoms with van der Waals surface area (Å²) >= 11 is 0. The predicted octanol–water partition coefficient (Wildman–Crippen LogP) is 4.51. The van der Waals surface area contributed by atoms with Gasteiger partial charge in [-0.15, -0.1) is 0 Å². The zero-order valence-electron chi connectivity index (χ0n) is 17.8. The van der Waals surface area contributed by atoms with Gasteiger partial charge in [-0.05, 0) is 53.6 Å². The second-order valence-electron chi connectivity index (χ2n) is 7.61. The summed E-state index contributed by atoms with van der Waals surface area (Å²) in [5.41, 5.74) is 2.95. The standard InChI is InChI=1S/C24H17F2N5O3/c1-34-24(33)29-23-27-19-7-3-13(10-21(19)28-23)16-8-12(2-6-18(16)26)9-20-15-5-4-14(25)11-17(15)22(32)31-30-20/h2-8,10-11H,9H2,1H3,(H,31,32)(H2,27,28,29,33). The van der Waals surface area contributed by atoms with Crippen LogP contribution in [0.4, 0.5) is 19.5 Å². The number of fused-ring (bicyclic) bond motifs is 2. The summed E-state index contributed by atoms with van der Waals surface area (Å²) in [5, 5.41) is 9.69. The van der Waals surface area contributed by atoms with E-state index in [2.05, 4.69) is 30.2 Å². The van der Waals surface area contributed by atoms with Gasteiger partial charge < -0.3 is 9.72 Å². The lowest BCUT2D eigenvalue weighted by molar-refractivity contribution is 0.186. The third-order valence-corrected chi connectivity index (χ3v) is 5.43. The van der Waals surface area contributed by atoms with Crippen molar-refractivity contribution in [2.75, 3.05) is 12.4 Å². The first-order valence-corrected chi connectivity index (χ1v) is 10.2. The molecule has 0 radical (unpaired) electrons. The number of amides is 1. The number of aromatic amines is 2. The topological polar surface area (TPSA) is 113 Å². The molecule has 0 aliphatic carbocycles. The maximum absolute atomic E-state index is 14.8. The number of methoxy groups -OCH3 is 1. The van der Waals surface area contributed by atoms with Crippen molar-refractivity contribution >= 4 is 33.8 Å². The Hall–Kier alpha value is -4.60. The molecule has 0 fully saturated rings. The van der Waals surface area contributed by atoms with E-state index in [1.54, 1.807) is 30.3 Å². The molecule has 0 saturated carbocycles. The van der Waals surface area contributed by atoms with Crippen molar-refractivity contribution in [3.8, 4) is 11.1 Å². The summed E-state index contributed by atoms with van der Waals surface area (Å²) in [6.07, 6.45) is -0.366. The number of halogens is 2. The summed E-state index contributed by atoms with van der Waals surface area (Å²) in [6.45, 7) is 0. The molecular weight excluding hydrogens is 444 g/mol. The number of aromatic nitrogens is 4. The van der Waals surface area contributed by atoms with E-state index in [1.807, 2.05) is 0 Å². The van der Waals surface area contributed by atoms with Gasteiger partial charge in [0.25, 0.3) is 5.56 Å². The number of H-pyrrole nitrogens is 2. The minimum Gasteiger partial charge on any atom is -0.453 e. The monoisotopic (exact) mass is 461 g/mol. The number of ether oxygens (including phenoxy) is 1. The molecule has 0 atom stereocenters. The van der Waals surface area contributed by atoms with Crippen molar-refractivity contribution in [2.45, 2.75) is 6.42 Å². The average molecular weight is 461 g/mol. The van der Waals surface area contributed by atoms with Gasteiger partial charge in [-0.2, -0.15) is 5.10 Å². The molecule has 3 N–H and O–H groups in total. The van der Waals surface area contributed by atoms with E-state index in [-0.39, 0.29) is 11.3 Å². The van der Waals surface area contributed by atoms with E-state index in [0.717, 1.165) is 5.56 Å². The SMILES string of the molecule is COC(=O)Nc1nc2ccc(-c3cc(Cc4n[nH]c(=O)c5cc(F)ccc45)ccc3F)cc2[nH]1. The summed E-state index contributed by atoms with van der Waals surface area (Å²) in [5.74, 6) is -0.726. The van der Waals surface area contributed by atoms with Crippen molar-refractivity contribution in [2.24, 2.45) is 0 Å². The molecule has 0 spiro atoms. The molecule has 8 nitrogen and oxygen atoms in total. The first kappa shape index (κ1) is 21.3. The highest BCUT2D eigenvalue weighted by atomic mass is 19.1. The molecule has 34 heavy (non-hydrogen) atoms. The predicted molar refractivity (Wildman–Crippen MR) is 123 cm³/mol. The Kier molecular flexibility index (Phi) is 5.25. The van der Waals surface area contributed by atoms with Crippen molar-refractivity contribution in [1.82, 2.24) is 20.2 Å². The van der Waals surface area contributed by atoms with Crippen LogP contribution >= 0.6 is 0 Å². The Balaban J connectivity index is 1.51. The number of benzene rings is 3. The molecule has 5 aromatic rings. The highest BCUT2D eigenvalue weighted by molar-refractivity contribution is 5.88. The largest absolute Gasteiger partial charge is 0.453 e. The van der Waals surface area contributed by atoms with Gasteiger partial charge in [0, 0.05) is 17.4 Å². The molecule has 0 saturated heterocycles. The van der Waals surface area contributed by atoms with Crippen molar-refractivity contribution < 1.29 is 18.3 Å². The maximum atomic E-state index is 14.8. The van der Waals surface area contributed by atoms with Gasteiger partial charge in [0.05, 0.1) is 29.2 Å². The Morgan fingerprint density at radius 1 is 1.06 bits per heavy atom. The highest BCUT2D eigenvalue weighted by Crippen LogP contribution is 2.28. The number of carbonyl (C=O) groups is 1. The van der Waals surface area contributed by atoms with Crippen LogP contribution in [0.25, 0.3) is 32.9 Å². The van der Waals surface area contributed by atoms with Crippen LogP contribution in [0.1, 0.15) is 11.3 Å². The molecule has 1 amide bonds. The summed E-state index contributed by atoms with van der Waals surface area (Å²) in [7, 11) is 1.25. The van der Waals surface area contributed by atoms with Gasteiger partial charge in [0.1, 0.15) is 11.6 Å². The van der Waals surface area contributed by atoms with Crippen LogP contribution in [-0.4, -0.2) is 33.4 Å². The van der Waals surface area contributed by atoms with Crippen molar-refractivity contribution in [1.29, 1.82) is 0 Å². The lowest BCUT2D eigenvalue weighted by Crippen LogP contribution is -2.11. The molecule has 0 aliphatic heterocycles.